The van der Waals surface area contributed by atoms with Crippen LogP contribution in [0.3, 0.4) is 0 Å². The van der Waals surface area contributed by atoms with E-state index in [2.05, 4.69) is 40.5 Å². The number of rotatable bonds is 6. The fourth-order valence-electron chi connectivity index (χ4n) is 1.82. The van der Waals surface area contributed by atoms with Gasteiger partial charge in [-0.2, -0.15) is 0 Å². The number of hydrogen-bond acceptors (Lipinski definition) is 6. The van der Waals surface area contributed by atoms with Crippen molar-refractivity contribution in [2.45, 2.75) is 23.9 Å². The third kappa shape index (κ3) is 3.74. The van der Waals surface area contributed by atoms with Crippen molar-refractivity contribution < 1.29 is 0 Å². The number of pyridine rings is 1. The maximum Gasteiger partial charge on any atom is 0.206 e. The van der Waals surface area contributed by atoms with Gasteiger partial charge in [0.25, 0.3) is 0 Å². The first-order valence-electron chi connectivity index (χ1n) is 6.83. The van der Waals surface area contributed by atoms with Gasteiger partial charge in [-0.25, -0.2) is 4.98 Å². The zero-order valence-corrected chi connectivity index (χ0v) is 13.6. The molecule has 0 saturated heterocycles. The number of anilines is 1. The van der Waals surface area contributed by atoms with Gasteiger partial charge in [-0.1, -0.05) is 43.0 Å². The Hall–Kier alpha value is -1.60. The van der Waals surface area contributed by atoms with Crippen molar-refractivity contribution >= 4 is 33.9 Å². The lowest BCUT2D eigenvalue weighted by Crippen LogP contribution is -2.07. The molecule has 0 amide bonds. The maximum absolute atomic E-state index is 4.58. The standard InChI is InChI=1S/C14H17N5S2/c1-10(2)7-15-13-17-18-14(21-13)20-9-11-8-19-6-4-3-5-12(19)16-11/h3-6,8,10H,7,9H2,1-2H3,(H,15,17). The fraction of sp³-hybridized carbons (Fsp3) is 0.357. The van der Waals surface area contributed by atoms with Crippen LogP contribution in [0, 0.1) is 5.92 Å². The predicted octanol–water partition coefficient (Wildman–Crippen LogP) is 3.55. The minimum Gasteiger partial charge on any atom is -0.360 e. The molecule has 0 unspecified atom stereocenters. The summed E-state index contributed by atoms with van der Waals surface area (Å²) in [5.41, 5.74) is 2.03. The van der Waals surface area contributed by atoms with Crippen molar-refractivity contribution in [1.82, 2.24) is 19.6 Å². The smallest absolute Gasteiger partial charge is 0.206 e. The highest BCUT2D eigenvalue weighted by Crippen LogP contribution is 2.28. The highest BCUT2D eigenvalue weighted by molar-refractivity contribution is 8.00. The third-order valence-electron chi connectivity index (χ3n) is 2.83. The lowest BCUT2D eigenvalue weighted by Gasteiger charge is -2.03. The first-order valence-corrected chi connectivity index (χ1v) is 8.63. The Morgan fingerprint density at radius 1 is 1.33 bits per heavy atom. The number of fused-ring (bicyclic) bond motifs is 1. The van der Waals surface area contributed by atoms with Gasteiger partial charge in [0.1, 0.15) is 5.65 Å². The molecule has 1 N–H and O–H groups in total. The molecule has 0 spiro atoms. The van der Waals surface area contributed by atoms with E-state index in [0.717, 1.165) is 33.1 Å². The van der Waals surface area contributed by atoms with Gasteiger partial charge >= 0.3 is 0 Å². The number of nitrogens with one attached hydrogen (secondary N) is 1. The van der Waals surface area contributed by atoms with Crippen molar-refractivity contribution in [2.24, 2.45) is 5.92 Å². The Bertz CT molecular complexity index is 686. The summed E-state index contributed by atoms with van der Waals surface area (Å²) in [5.74, 6) is 1.41. The molecule has 3 rings (SSSR count). The molecule has 5 nitrogen and oxygen atoms in total. The average molecular weight is 319 g/mol. The minimum atomic E-state index is 0.600. The Morgan fingerprint density at radius 2 is 2.24 bits per heavy atom. The zero-order chi connectivity index (χ0) is 14.7. The molecular weight excluding hydrogens is 302 g/mol. The topological polar surface area (TPSA) is 55.1 Å². The molecule has 7 heteroatoms. The molecule has 0 radical (unpaired) electrons. The van der Waals surface area contributed by atoms with Crippen LogP contribution in [0.25, 0.3) is 5.65 Å². The highest BCUT2D eigenvalue weighted by atomic mass is 32.2. The van der Waals surface area contributed by atoms with Crippen molar-refractivity contribution in [3.8, 4) is 0 Å². The first kappa shape index (κ1) is 14.3. The quantitative estimate of drug-likeness (QED) is 0.704. The average Bonchev–Trinajstić information content (AvgIpc) is 3.09. The monoisotopic (exact) mass is 319 g/mol. The van der Waals surface area contributed by atoms with Crippen molar-refractivity contribution in [3.05, 3.63) is 36.3 Å². The largest absolute Gasteiger partial charge is 0.360 e. The summed E-state index contributed by atoms with van der Waals surface area (Å²) >= 11 is 3.27. The summed E-state index contributed by atoms with van der Waals surface area (Å²) in [7, 11) is 0. The highest BCUT2D eigenvalue weighted by Gasteiger charge is 2.07. The molecule has 0 bridgehead atoms. The van der Waals surface area contributed by atoms with Crippen LogP contribution in [0.4, 0.5) is 5.13 Å². The van der Waals surface area contributed by atoms with Gasteiger partial charge in [0.05, 0.1) is 5.69 Å². The van der Waals surface area contributed by atoms with Gasteiger partial charge in [-0.15, -0.1) is 10.2 Å². The molecule has 0 aromatic carbocycles. The maximum atomic E-state index is 4.58. The summed E-state index contributed by atoms with van der Waals surface area (Å²) in [6.07, 6.45) is 4.07. The van der Waals surface area contributed by atoms with Gasteiger partial charge < -0.3 is 9.72 Å². The van der Waals surface area contributed by atoms with E-state index in [4.69, 9.17) is 0 Å². The number of nitrogens with zero attached hydrogens (tertiary/aromatic N) is 4. The Labute approximate surface area is 131 Å². The molecule has 21 heavy (non-hydrogen) atoms. The number of imidazole rings is 1. The van der Waals surface area contributed by atoms with E-state index < -0.39 is 0 Å². The second-order valence-corrected chi connectivity index (χ2v) is 7.33. The lowest BCUT2D eigenvalue weighted by molar-refractivity contribution is 0.687. The summed E-state index contributed by atoms with van der Waals surface area (Å²) < 4.78 is 3.00. The zero-order valence-electron chi connectivity index (χ0n) is 12.0. The van der Waals surface area contributed by atoms with E-state index in [-0.39, 0.29) is 0 Å². The summed E-state index contributed by atoms with van der Waals surface area (Å²) in [6.45, 7) is 5.27. The summed E-state index contributed by atoms with van der Waals surface area (Å²) in [5, 5.41) is 12.5. The Kier molecular flexibility index (Phi) is 4.40. The molecule has 0 aliphatic rings. The van der Waals surface area contributed by atoms with E-state index in [1.165, 1.54) is 0 Å². The van der Waals surface area contributed by atoms with E-state index in [1.807, 2.05) is 28.8 Å². The fourth-order valence-corrected chi connectivity index (χ4v) is 3.47. The Balaban J connectivity index is 1.59. The SMILES string of the molecule is CC(C)CNc1nnc(SCc2cn3ccccc3n2)s1. The van der Waals surface area contributed by atoms with Crippen molar-refractivity contribution in [1.29, 1.82) is 0 Å². The predicted molar refractivity (Wildman–Crippen MR) is 88.0 cm³/mol. The van der Waals surface area contributed by atoms with Crippen LogP contribution in [-0.2, 0) is 5.75 Å². The molecule has 0 atom stereocenters. The van der Waals surface area contributed by atoms with Crippen LogP contribution in [0.5, 0.6) is 0 Å². The van der Waals surface area contributed by atoms with E-state index in [0.29, 0.717) is 5.92 Å². The molecule has 0 saturated carbocycles. The van der Waals surface area contributed by atoms with E-state index in [9.17, 15) is 0 Å². The minimum absolute atomic E-state index is 0.600. The Morgan fingerprint density at radius 3 is 3.05 bits per heavy atom. The second kappa shape index (κ2) is 6.44. The molecular formula is C14H17N5S2. The van der Waals surface area contributed by atoms with Gasteiger partial charge in [-0.05, 0) is 18.1 Å². The molecule has 3 aromatic heterocycles. The van der Waals surface area contributed by atoms with Crippen molar-refractivity contribution in [2.75, 3.05) is 11.9 Å². The normalized spacial score (nSPS) is 11.4. The molecule has 0 aliphatic heterocycles. The van der Waals surface area contributed by atoms with Crippen LogP contribution in [0.15, 0.2) is 34.9 Å². The molecule has 110 valence electrons. The van der Waals surface area contributed by atoms with Gasteiger partial charge in [0.2, 0.25) is 5.13 Å². The molecule has 0 aliphatic carbocycles. The number of aromatic nitrogens is 4. The summed E-state index contributed by atoms with van der Waals surface area (Å²) in [4.78, 5) is 4.58. The molecule has 0 fully saturated rings. The van der Waals surface area contributed by atoms with Crippen molar-refractivity contribution in [3.63, 3.8) is 0 Å². The summed E-state index contributed by atoms with van der Waals surface area (Å²) in [6, 6.07) is 6.01. The molecule has 3 aromatic rings. The van der Waals surface area contributed by atoms with Gasteiger partial charge in [0.15, 0.2) is 4.34 Å². The van der Waals surface area contributed by atoms with E-state index >= 15 is 0 Å². The van der Waals surface area contributed by atoms with Crippen LogP contribution >= 0.6 is 23.1 Å². The van der Waals surface area contributed by atoms with Crippen LogP contribution in [0.2, 0.25) is 0 Å². The van der Waals surface area contributed by atoms with Gasteiger partial charge in [-0.3, -0.25) is 0 Å². The van der Waals surface area contributed by atoms with E-state index in [1.54, 1.807) is 23.1 Å². The van der Waals surface area contributed by atoms with Gasteiger partial charge in [0, 0.05) is 24.7 Å². The number of hydrogen-bond donors (Lipinski definition) is 1. The first-order chi connectivity index (χ1) is 10.2. The second-order valence-electron chi connectivity index (χ2n) is 5.13. The van der Waals surface area contributed by atoms with Crippen LogP contribution in [-0.4, -0.2) is 26.1 Å². The van der Waals surface area contributed by atoms with Crippen LogP contribution in [0.1, 0.15) is 19.5 Å². The number of thioether (sulfide) groups is 1. The molecule has 3 heterocycles. The lowest BCUT2D eigenvalue weighted by atomic mass is 10.2. The van der Waals surface area contributed by atoms with Crippen LogP contribution < -0.4 is 5.32 Å². The third-order valence-corrected chi connectivity index (χ3v) is 4.87.